The Hall–Kier alpha value is -3.68. The SMILES string of the molecule is COc1ccc(S(=O)(=O)Oc2ccc(/C=C3\SC(=O)N(Cc4ccc([N+](=O)[O-])cc4)C3=O)cc2Br)cc1. The summed E-state index contributed by atoms with van der Waals surface area (Å²) < 4.78 is 35.8. The maximum atomic E-state index is 12.8. The molecule has 1 aliphatic rings. The van der Waals surface area contributed by atoms with E-state index in [4.69, 9.17) is 8.92 Å². The molecule has 0 N–H and O–H groups in total. The number of hydrogen-bond donors (Lipinski definition) is 0. The molecule has 1 aliphatic heterocycles. The van der Waals surface area contributed by atoms with Crippen molar-refractivity contribution in [1.82, 2.24) is 4.90 Å². The quantitative estimate of drug-likeness (QED) is 0.144. The second kappa shape index (κ2) is 10.7. The third kappa shape index (κ3) is 6.01. The highest BCUT2D eigenvalue weighted by atomic mass is 79.9. The van der Waals surface area contributed by atoms with E-state index in [9.17, 15) is 28.1 Å². The first kappa shape index (κ1) is 26.4. The van der Waals surface area contributed by atoms with Gasteiger partial charge in [0.15, 0.2) is 5.75 Å². The van der Waals surface area contributed by atoms with Gasteiger partial charge in [0, 0.05) is 12.1 Å². The van der Waals surface area contributed by atoms with E-state index in [0.29, 0.717) is 21.3 Å². The molecule has 37 heavy (non-hydrogen) atoms. The molecular weight excluding hydrogens is 588 g/mol. The van der Waals surface area contributed by atoms with Crippen LogP contribution in [0.3, 0.4) is 0 Å². The van der Waals surface area contributed by atoms with Gasteiger partial charge in [-0.15, -0.1) is 0 Å². The number of nitro benzene ring substituents is 1. The van der Waals surface area contributed by atoms with Crippen LogP contribution < -0.4 is 8.92 Å². The minimum Gasteiger partial charge on any atom is -0.497 e. The molecule has 10 nitrogen and oxygen atoms in total. The molecule has 3 aromatic carbocycles. The van der Waals surface area contributed by atoms with Crippen LogP contribution in [0.25, 0.3) is 6.08 Å². The molecule has 0 atom stereocenters. The lowest BCUT2D eigenvalue weighted by atomic mass is 10.2. The monoisotopic (exact) mass is 604 g/mol. The van der Waals surface area contributed by atoms with Crippen LogP contribution in [0.1, 0.15) is 11.1 Å². The summed E-state index contributed by atoms with van der Waals surface area (Å²) in [7, 11) is -2.63. The third-order valence-electron chi connectivity index (χ3n) is 5.16. The molecule has 190 valence electrons. The number of thioether (sulfide) groups is 1. The predicted molar refractivity (Wildman–Crippen MR) is 140 cm³/mol. The van der Waals surface area contributed by atoms with E-state index in [0.717, 1.165) is 16.7 Å². The molecule has 4 rings (SSSR count). The number of carbonyl (C=O) groups is 2. The number of rotatable bonds is 8. The smallest absolute Gasteiger partial charge is 0.339 e. The predicted octanol–water partition coefficient (Wildman–Crippen LogP) is 5.37. The number of halogens is 1. The highest BCUT2D eigenvalue weighted by molar-refractivity contribution is 9.10. The largest absolute Gasteiger partial charge is 0.497 e. The standard InChI is InChI=1S/C24H17BrN2O8S2/c1-34-18-7-9-19(10-8-18)37(32,33)35-21-11-4-16(12-20(21)25)13-22-23(28)26(24(29)36-22)14-15-2-5-17(6-3-15)27(30)31/h2-13H,14H2,1H3/b22-13-. The molecule has 0 bridgehead atoms. The van der Waals surface area contributed by atoms with Crippen LogP contribution in [0, 0.1) is 10.1 Å². The second-order valence-corrected chi connectivity index (χ2v) is 11.0. The van der Waals surface area contributed by atoms with Crippen molar-refractivity contribution in [2.45, 2.75) is 11.4 Å². The summed E-state index contributed by atoms with van der Waals surface area (Å²) in [6.07, 6.45) is 1.51. The molecule has 1 fully saturated rings. The average Bonchev–Trinajstić information content (AvgIpc) is 3.13. The number of nitro groups is 1. The van der Waals surface area contributed by atoms with E-state index < -0.39 is 26.2 Å². The molecule has 1 saturated heterocycles. The van der Waals surface area contributed by atoms with Crippen LogP contribution >= 0.6 is 27.7 Å². The maximum absolute atomic E-state index is 12.8. The molecule has 1 heterocycles. The van der Waals surface area contributed by atoms with E-state index in [1.165, 1.54) is 67.8 Å². The number of benzene rings is 3. The molecule has 0 radical (unpaired) electrons. The van der Waals surface area contributed by atoms with Gasteiger partial charge < -0.3 is 8.92 Å². The molecule has 0 aromatic heterocycles. The fourth-order valence-electron chi connectivity index (χ4n) is 3.28. The van der Waals surface area contributed by atoms with Gasteiger partial charge in [0.25, 0.3) is 16.8 Å². The molecule has 0 spiro atoms. The van der Waals surface area contributed by atoms with Crippen molar-refractivity contribution in [2.75, 3.05) is 7.11 Å². The van der Waals surface area contributed by atoms with Crippen LogP contribution in [0.4, 0.5) is 10.5 Å². The van der Waals surface area contributed by atoms with Crippen LogP contribution in [0.2, 0.25) is 0 Å². The highest BCUT2D eigenvalue weighted by Crippen LogP contribution is 2.35. The Morgan fingerprint density at radius 3 is 2.32 bits per heavy atom. The second-order valence-electron chi connectivity index (χ2n) is 7.59. The Kier molecular flexibility index (Phi) is 7.66. The minimum absolute atomic E-state index is 0.0281. The van der Waals surface area contributed by atoms with Gasteiger partial charge in [-0.25, -0.2) is 0 Å². The highest BCUT2D eigenvalue weighted by Gasteiger charge is 2.35. The Labute approximate surface area is 224 Å². The normalized spacial score (nSPS) is 14.8. The summed E-state index contributed by atoms with van der Waals surface area (Å²) in [6, 6.07) is 15.9. The number of methoxy groups -OCH3 is 1. The molecule has 0 saturated carbocycles. The molecular formula is C24H17BrN2O8S2. The van der Waals surface area contributed by atoms with Crippen molar-refractivity contribution in [1.29, 1.82) is 0 Å². The number of ether oxygens (including phenoxy) is 1. The first-order valence-corrected chi connectivity index (χ1v) is 13.5. The molecule has 13 heteroatoms. The number of nitrogens with zero attached hydrogens (tertiary/aromatic N) is 2. The molecule has 0 unspecified atom stereocenters. The number of non-ortho nitro benzene ring substituents is 1. The third-order valence-corrected chi connectivity index (χ3v) is 7.94. The fourth-order valence-corrected chi connectivity index (χ4v) is 5.65. The van der Waals surface area contributed by atoms with Crippen molar-refractivity contribution in [3.05, 3.63) is 97.3 Å². The van der Waals surface area contributed by atoms with Gasteiger partial charge in [0.2, 0.25) is 0 Å². The fraction of sp³-hybridized carbons (Fsp3) is 0.0833. The van der Waals surface area contributed by atoms with Crippen molar-refractivity contribution < 1.29 is 31.9 Å². The zero-order chi connectivity index (χ0) is 26.7. The number of hydrogen-bond acceptors (Lipinski definition) is 9. The van der Waals surface area contributed by atoms with E-state index in [2.05, 4.69) is 15.9 Å². The van der Waals surface area contributed by atoms with Gasteiger partial charge in [-0.05, 0) is 81.3 Å². The van der Waals surface area contributed by atoms with Crippen LogP contribution in [0.15, 0.2) is 81.0 Å². The lowest BCUT2D eigenvalue weighted by Crippen LogP contribution is -2.27. The molecule has 0 aliphatic carbocycles. The minimum atomic E-state index is -4.10. The summed E-state index contributed by atoms with van der Waals surface area (Å²) in [5, 5.41) is 10.3. The van der Waals surface area contributed by atoms with E-state index >= 15 is 0 Å². The lowest BCUT2D eigenvalue weighted by molar-refractivity contribution is -0.384. The van der Waals surface area contributed by atoms with E-state index in [1.54, 1.807) is 12.1 Å². The first-order valence-electron chi connectivity index (χ1n) is 10.4. The van der Waals surface area contributed by atoms with Gasteiger partial charge in [-0.1, -0.05) is 18.2 Å². The van der Waals surface area contributed by atoms with Crippen molar-refractivity contribution in [3.63, 3.8) is 0 Å². The first-order chi connectivity index (χ1) is 17.6. The van der Waals surface area contributed by atoms with Crippen molar-refractivity contribution in [2.24, 2.45) is 0 Å². The van der Waals surface area contributed by atoms with Crippen molar-refractivity contribution >= 4 is 60.7 Å². The summed E-state index contributed by atoms with van der Waals surface area (Å²) in [5.41, 5.74) is 1.01. The summed E-state index contributed by atoms with van der Waals surface area (Å²) in [5.74, 6) is 0.0350. The zero-order valence-corrected chi connectivity index (χ0v) is 22.2. The van der Waals surface area contributed by atoms with Crippen LogP contribution in [-0.2, 0) is 21.5 Å². The van der Waals surface area contributed by atoms with Gasteiger partial charge in [0.05, 0.1) is 28.0 Å². The Bertz CT molecular complexity index is 1520. The van der Waals surface area contributed by atoms with E-state index in [-0.39, 0.29) is 27.8 Å². The van der Waals surface area contributed by atoms with Gasteiger partial charge in [-0.2, -0.15) is 8.42 Å². The number of amides is 2. The Balaban J connectivity index is 1.48. The van der Waals surface area contributed by atoms with Gasteiger partial charge in [0.1, 0.15) is 10.6 Å². The average molecular weight is 605 g/mol. The van der Waals surface area contributed by atoms with Gasteiger partial charge in [-0.3, -0.25) is 24.6 Å². The number of carbonyl (C=O) groups excluding carboxylic acids is 2. The van der Waals surface area contributed by atoms with Crippen molar-refractivity contribution in [3.8, 4) is 11.5 Å². The topological polar surface area (TPSA) is 133 Å². The van der Waals surface area contributed by atoms with E-state index in [1.807, 2.05) is 0 Å². The summed E-state index contributed by atoms with van der Waals surface area (Å²) >= 11 is 4.05. The van der Waals surface area contributed by atoms with Crippen LogP contribution in [0.5, 0.6) is 11.5 Å². The molecule has 3 aromatic rings. The maximum Gasteiger partial charge on any atom is 0.339 e. The lowest BCUT2D eigenvalue weighted by Gasteiger charge is -2.12. The Morgan fingerprint density at radius 2 is 1.73 bits per heavy atom. The van der Waals surface area contributed by atoms with Crippen LogP contribution in [-0.4, -0.2) is 36.5 Å². The summed E-state index contributed by atoms with van der Waals surface area (Å²) in [4.78, 5) is 36.7. The molecule has 2 amide bonds. The van der Waals surface area contributed by atoms with Gasteiger partial charge >= 0.3 is 10.1 Å². The Morgan fingerprint density at radius 1 is 1.05 bits per heavy atom. The summed E-state index contributed by atoms with van der Waals surface area (Å²) in [6.45, 7) is -0.0281. The zero-order valence-electron chi connectivity index (χ0n) is 19.0. The number of imide groups is 1.